The number of rotatable bonds is 6. The predicted octanol–water partition coefficient (Wildman–Crippen LogP) is 3.06. The lowest BCUT2D eigenvalue weighted by atomic mass is 10.1. The molecule has 1 aromatic carbocycles. The van der Waals surface area contributed by atoms with Crippen LogP contribution in [0.4, 0.5) is 0 Å². The molecule has 0 aliphatic carbocycles. The number of carbonyl (C=O) groups excluding carboxylic acids is 1. The van der Waals surface area contributed by atoms with Crippen molar-refractivity contribution in [2.24, 2.45) is 0 Å². The van der Waals surface area contributed by atoms with Gasteiger partial charge in [0.15, 0.2) is 11.5 Å². The lowest BCUT2D eigenvalue weighted by Gasteiger charge is -2.12. The van der Waals surface area contributed by atoms with Gasteiger partial charge in [-0.1, -0.05) is 12.1 Å². The number of benzene rings is 1. The van der Waals surface area contributed by atoms with Crippen LogP contribution in [0.2, 0.25) is 0 Å². The Morgan fingerprint density at radius 3 is 2.58 bits per heavy atom. The maximum atomic E-state index is 11.6. The van der Waals surface area contributed by atoms with Crippen LogP contribution in [0.25, 0.3) is 6.08 Å². The van der Waals surface area contributed by atoms with Gasteiger partial charge < -0.3 is 14.2 Å². The van der Waals surface area contributed by atoms with Gasteiger partial charge in [0.05, 0.1) is 20.3 Å². The summed E-state index contributed by atoms with van der Waals surface area (Å²) < 4.78 is 15.8. The molecule has 0 heterocycles. The van der Waals surface area contributed by atoms with Crippen LogP contribution < -0.4 is 9.47 Å². The first kappa shape index (κ1) is 15.1. The highest BCUT2D eigenvalue weighted by molar-refractivity contribution is 5.93. The molecular formula is C15H20O4. The number of para-hydroxylation sites is 1. The Morgan fingerprint density at radius 1 is 1.26 bits per heavy atom. The highest BCUT2D eigenvalue weighted by Crippen LogP contribution is 2.32. The monoisotopic (exact) mass is 264 g/mol. The highest BCUT2D eigenvalue weighted by Gasteiger charge is 2.11. The third-order valence-electron chi connectivity index (χ3n) is 2.48. The Kier molecular flexibility index (Phi) is 5.93. The van der Waals surface area contributed by atoms with Crippen molar-refractivity contribution >= 4 is 12.0 Å². The third-order valence-corrected chi connectivity index (χ3v) is 2.48. The van der Waals surface area contributed by atoms with Gasteiger partial charge in [-0.2, -0.15) is 0 Å². The molecule has 0 aromatic heterocycles. The summed E-state index contributed by atoms with van der Waals surface area (Å²) in [6.07, 6.45) is 1.74. The summed E-state index contributed by atoms with van der Waals surface area (Å²) in [6, 6.07) is 5.56. The van der Waals surface area contributed by atoms with E-state index in [0.717, 1.165) is 5.56 Å². The molecule has 0 spiro atoms. The SMILES string of the molecule is CCOC(=O)/C(C)=C/c1cccc(OCC)c1OC. The molecular weight excluding hydrogens is 244 g/mol. The molecule has 104 valence electrons. The van der Waals surface area contributed by atoms with Crippen LogP contribution in [-0.2, 0) is 9.53 Å². The van der Waals surface area contributed by atoms with Crippen LogP contribution in [-0.4, -0.2) is 26.3 Å². The fourth-order valence-corrected chi connectivity index (χ4v) is 1.67. The fourth-order valence-electron chi connectivity index (χ4n) is 1.67. The van der Waals surface area contributed by atoms with Gasteiger partial charge in [-0.15, -0.1) is 0 Å². The zero-order chi connectivity index (χ0) is 14.3. The Morgan fingerprint density at radius 2 is 2.00 bits per heavy atom. The van der Waals surface area contributed by atoms with Crippen molar-refractivity contribution in [2.45, 2.75) is 20.8 Å². The summed E-state index contributed by atoms with van der Waals surface area (Å²) in [5, 5.41) is 0. The minimum absolute atomic E-state index is 0.327. The smallest absolute Gasteiger partial charge is 0.333 e. The molecule has 0 aliphatic heterocycles. The van der Waals surface area contributed by atoms with E-state index in [0.29, 0.717) is 30.3 Å². The third kappa shape index (κ3) is 4.02. The Labute approximate surface area is 114 Å². The van der Waals surface area contributed by atoms with Gasteiger partial charge in [0.25, 0.3) is 0 Å². The number of hydrogen-bond donors (Lipinski definition) is 0. The lowest BCUT2D eigenvalue weighted by molar-refractivity contribution is -0.138. The summed E-state index contributed by atoms with van der Waals surface area (Å²) in [5.74, 6) is 0.953. The standard InChI is InChI=1S/C15H20O4/c1-5-18-13-9-7-8-12(14(13)17-4)10-11(3)15(16)19-6-2/h7-10H,5-6H2,1-4H3/b11-10+. The summed E-state index contributed by atoms with van der Waals surface area (Å²) in [7, 11) is 1.58. The van der Waals surface area contributed by atoms with E-state index in [9.17, 15) is 4.79 Å². The molecule has 0 saturated carbocycles. The molecule has 0 aliphatic rings. The van der Waals surface area contributed by atoms with Crippen molar-refractivity contribution in [3.63, 3.8) is 0 Å². The number of ether oxygens (including phenoxy) is 3. The van der Waals surface area contributed by atoms with Gasteiger partial charge in [-0.05, 0) is 32.9 Å². The maximum Gasteiger partial charge on any atom is 0.333 e. The Hall–Kier alpha value is -1.97. The second-order valence-corrected chi connectivity index (χ2v) is 3.86. The second kappa shape index (κ2) is 7.46. The van der Waals surface area contributed by atoms with E-state index in [-0.39, 0.29) is 5.97 Å². The Bertz CT molecular complexity index is 463. The average molecular weight is 264 g/mol. The molecule has 0 amide bonds. The molecule has 4 heteroatoms. The largest absolute Gasteiger partial charge is 0.492 e. The summed E-state index contributed by atoms with van der Waals surface area (Å²) in [6.45, 7) is 6.32. The van der Waals surface area contributed by atoms with Crippen molar-refractivity contribution in [3.8, 4) is 11.5 Å². The normalized spacial score (nSPS) is 11.1. The van der Waals surface area contributed by atoms with Crippen molar-refractivity contribution in [1.29, 1.82) is 0 Å². The van der Waals surface area contributed by atoms with Gasteiger partial charge in [0.1, 0.15) is 0 Å². The lowest BCUT2D eigenvalue weighted by Crippen LogP contribution is -2.05. The molecule has 19 heavy (non-hydrogen) atoms. The minimum atomic E-state index is -0.327. The van der Waals surface area contributed by atoms with E-state index in [1.807, 2.05) is 25.1 Å². The first-order chi connectivity index (χ1) is 9.13. The van der Waals surface area contributed by atoms with Crippen LogP contribution in [0, 0.1) is 0 Å². The van der Waals surface area contributed by atoms with E-state index in [4.69, 9.17) is 14.2 Å². The zero-order valence-electron chi connectivity index (χ0n) is 11.9. The molecule has 1 aromatic rings. The number of esters is 1. The highest BCUT2D eigenvalue weighted by atomic mass is 16.5. The molecule has 0 atom stereocenters. The Balaban J connectivity index is 3.09. The molecule has 1 rings (SSSR count). The topological polar surface area (TPSA) is 44.8 Å². The summed E-state index contributed by atoms with van der Waals surface area (Å²) >= 11 is 0. The molecule has 0 fully saturated rings. The van der Waals surface area contributed by atoms with Gasteiger partial charge >= 0.3 is 5.97 Å². The molecule has 0 bridgehead atoms. The van der Waals surface area contributed by atoms with Crippen LogP contribution in [0.15, 0.2) is 23.8 Å². The van der Waals surface area contributed by atoms with Crippen LogP contribution >= 0.6 is 0 Å². The summed E-state index contributed by atoms with van der Waals surface area (Å²) in [4.78, 5) is 11.6. The molecule has 4 nitrogen and oxygen atoms in total. The summed E-state index contributed by atoms with van der Waals surface area (Å²) in [5.41, 5.74) is 1.31. The minimum Gasteiger partial charge on any atom is -0.492 e. The zero-order valence-corrected chi connectivity index (χ0v) is 11.9. The molecule has 0 radical (unpaired) electrons. The first-order valence-electron chi connectivity index (χ1n) is 6.29. The van der Waals surface area contributed by atoms with Crippen LogP contribution in [0.3, 0.4) is 0 Å². The fraction of sp³-hybridized carbons (Fsp3) is 0.400. The van der Waals surface area contributed by atoms with E-state index in [2.05, 4.69) is 0 Å². The van der Waals surface area contributed by atoms with E-state index >= 15 is 0 Å². The van der Waals surface area contributed by atoms with Crippen molar-refractivity contribution in [1.82, 2.24) is 0 Å². The number of hydrogen-bond acceptors (Lipinski definition) is 4. The number of carbonyl (C=O) groups is 1. The molecule has 0 unspecified atom stereocenters. The number of methoxy groups -OCH3 is 1. The van der Waals surface area contributed by atoms with Gasteiger partial charge in [0.2, 0.25) is 0 Å². The van der Waals surface area contributed by atoms with Crippen molar-refractivity contribution in [3.05, 3.63) is 29.3 Å². The van der Waals surface area contributed by atoms with Gasteiger partial charge in [-0.25, -0.2) is 4.79 Å². The van der Waals surface area contributed by atoms with Gasteiger partial charge in [0, 0.05) is 11.1 Å². The quantitative estimate of drug-likeness (QED) is 0.585. The maximum absolute atomic E-state index is 11.6. The second-order valence-electron chi connectivity index (χ2n) is 3.86. The van der Waals surface area contributed by atoms with Crippen molar-refractivity contribution in [2.75, 3.05) is 20.3 Å². The van der Waals surface area contributed by atoms with E-state index < -0.39 is 0 Å². The predicted molar refractivity (Wildman–Crippen MR) is 74.4 cm³/mol. The molecule has 0 saturated heterocycles. The molecule has 0 N–H and O–H groups in total. The van der Waals surface area contributed by atoms with Gasteiger partial charge in [-0.3, -0.25) is 0 Å². The van der Waals surface area contributed by atoms with E-state index in [1.165, 1.54) is 0 Å². The van der Waals surface area contributed by atoms with Crippen LogP contribution in [0.5, 0.6) is 11.5 Å². The van der Waals surface area contributed by atoms with E-state index in [1.54, 1.807) is 27.0 Å². The van der Waals surface area contributed by atoms with Crippen LogP contribution in [0.1, 0.15) is 26.3 Å². The first-order valence-corrected chi connectivity index (χ1v) is 6.29. The average Bonchev–Trinajstić information content (AvgIpc) is 2.39. The van der Waals surface area contributed by atoms with Crippen molar-refractivity contribution < 1.29 is 19.0 Å².